The number of benzene rings is 1. The van der Waals surface area contributed by atoms with Gasteiger partial charge in [-0.25, -0.2) is 10.4 Å². The molecule has 5 heteroatoms. The zero-order valence-corrected chi connectivity index (χ0v) is 12.3. The van der Waals surface area contributed by atoms with E-state index in [0.29, 0.717) is 6.42 Å². The topological polar surface area (TPSA) is 58.6 Å². The van der Waals surface area contributed by atoms with Gasteiger partial charge in [0.25, 0.3) is 0 Å². The molecule has 1 N–H and O–H groups in total. The molecule has 108 valence electrons. The first-order valence-corrected chi connectivity index (χ1v) is 6.65. The molecule has 0 saturated carbocycles. The van der Waals surface area contributed by atoms with E-state index in [2.05, 4.69) is 5.43 Å². The quantitative estimate of drug-likeness (QED) is 0.795. The molecule has 1 amide bonds. The van der Waals surface area contributed by atoms with Crippen molar-refractivity contribution in [3.05, 3.63) is 29.8 Å². The second kappa shape index (κ2) is 5.25. The number of hydrogen-bond acceptors (Lipinski definition) is 4. The van der Waals surface area contributed by atoms with Crippen molar-refractivity contribution in [2.45, 2.75) is 45.8 Å². The van der Waals surface area contributed by atoms with Crippen molar-refractivity contribution in [2.24, 2.45) is 0 Å². The SMILES string of the molecule is CC(=O)N1NC(C(=O)OC(C)(C)C)Cc2ccccc21. The van der Waals surface area contributed by atoms with Crippen molar-refractivity contribution in [1.29, 1.82) is 0 Å². The van der Waals surface area contributed by atoms with Crippen molar-refractivity contribution in [2.75, 3.05) is 5.01 Å². The maximum atomic E-state index is 12.2. The van der Waals surface area contributed by atoms with Crippen molar-refractivity contribution >= 4 is 17.6 Å². The van der Waals surface area contributed by atoms with E-state index in [-0.39, 0.29) is 11.9 Å². The second-order valence-corrected chi connectivity index (χ2v) is 5.90. The number of fused-ring (bicyclic) bond motifs is 1. The maximum Gasteiger partial charge on any atom is 0.325 e. The number of nitrogens with one attached hydrogen (secondary N) is 1. The summed E-state index contributed by atoms with van der Waals surface area (Å²) in [6.07, 6.45) is 0.509. The van der Waals surface area contributed by atoms with Gasteiger partial charge in [0.15, 0.2) is 0 Å². The normalized spacial score (nSPS) is 18.4. The van der Waals surface area contributed by atoms with Gasteiger partial charge in [-0.2, -0.15) is 0 Å². The highest BCUT2D eigenvalue weighted by atomic mass is 16.6. The van der Waals surface area contributed by atoms with Crippen LogP contribution in [0.2, 0.25) is 0 Å². The Labute approximate surface area is 118 Å². The molecule has 0 radical (unpaired) electrons. The molecular weight excluding hydrogens is 256 g/mol. The molecule has 2 rings (SSSR count). The van der Waals surface area contributed by atoms with E-state index in [9.17, 15) is 9.59 Å². The van der Waals surface area contributed by atoms with E-state index in [0.717, 1.165) is 11.3 Å². The number of carbonyl (C=O) groups is 2. The maximum absolute atomic E-state index is 12.2. The van der Waals surface area contributed by atoms with Crippen LogP contribution in [0.1, 0.15) is 33.3 Å². The fourth-order valence-electron chi connectivity index (χ4n) is 2.16. The molecule has 5 nitrogen and oxygen atoms in total. The molecule has 20 heavy (non-hydrogen) atoms. The minimum atomic E-state index is -0.548. The number of ether oxygens (including phenoxy) is 1. The van der Waals surface area contributed by atoms with Gasteiger partial charge in [-0.15, -0.1) is 0 Å². The molecule has 0 fully saturated rings. The first-order chi connectivity index (χ1) is 9.28. The van der Waals surface area contributed by atoms with Crippen molar-refractivity contribution < 1.29 is 14.3 Å². The van der Waals surface area contributed by atoms with Gasteiger partial charge in [-0.1, -0.05) is 18.2 Å². The van der Waals surface area contributed by atoms with Gasteiger partial charge in [0, 0.05) is 13.3 Å². The fraction of sp³-hybridized carbons (Fsp3) is 0.467. The summed E-state index contributed by atoms with van der Waals surface area (Å²) in [6, 6.07) is 6.99. The number of rotatable bonds is 1. The highest BCUT2D eigenvalue weighted by Gasteiger charge is 2.33. The van der Waals surface area contributed by atoms with Gasteiger partial charge >= 0.3 is 5.97 Å². The molecule has 1 aliphatic heterocycles. The standard InChI is InChI=1S/C15H20N2O3/c1-10(18)17-13-8-6-5-7-11(13)9-12(16-17)14(19)20-15(2,3)4/h5-8,12,16H,9H2,1-4H3. The van der Waals surface area contributed by atoms with Gasteiger partial charge in [0.2, 0.25) is 5.91 Å². The van der Waals surface area contributed by atoms with Gasteiger partial charge in [-0.05, 0) is 32.4 Å². The van der Waals surface area contributed by atoms with Crippen LogP contribution in [0.25, 0.3) is 0 Å². The molecule has 1 aliphatic rings. The zero-order chi connectivity index (χ0) is 14.9. The lowest BCUT2D eigenvalue weighted by molar-refractivity contribution is -0.157. The monoisotopic (exact) mass is 276 g/mol. The molecular formula is C15H20N2O3. The van der Waals surface area contributed by atoms with E-state index in [1.165, 1.54) is 11.9 Å². The largest absolute Gasteiger partial charge is 0.459 e. The van der Waals surface area contributed by atoms with E-state index in [4.69, 9.17) is 4.74 Å². The first kappa shape index (κ1) is 14.5. The minimum Gasteiger partial charge on any atom is -0.459 e. The van der Waals surface area contributed by atoms with Crippen molar-refractivity contribution in [1.82, 2.24) is 5.43 Å². The van der Waals surface area contributed by atoms with Crippen LogP contribution in [0.15, 0.2) is 24.3 Å². The molecule has 1 aromatic carbocycles. The molecule has 0 saturated heterocycles. The lowest BCUT2D eigenvalue weighted by atomic mass is 10.0. The average molecular weight is 276 g/mol. The molecule has 0 spiro atoms. The summed E-state index contributed by atoms with van der Waals surface area (Å²) in [5.74, 6) is -0.510. The summed E-state index contributed by atoms with van der Waals surface area (Å²) in [6.45, 7) is 6.93. The molecule has 1 atom stereocenters. The second-order valence-electron chi connectivity index (χ2n) is 5.90. The molecule has 0 aliphatic carbocycles. The number of para-hydroxylation sites is 1. The summed E-state index contributed by atoms with van der Waals surface area (Å²) in [7, 11) is 0. The van der Waals surface area contributed by atoms with Crippen LogP contribution >= 0.6 is 0 Å². The number of amides is 1. The van der Waals surface area contributed by atoms with Crippen LogP contribution in [0.5, 0.6) is 0 Å². The lowest BCUT2D eigenvalue weighted by Gasteiger charge is -2.35. The van der Waals surface area contributed by atoms with Crippen LogP contribution in [0.3, 0.4) is 0 Å². The number of hydrazine groups is 1. The van der Waals surface area contributed by atoms with Crippen LogP contribution in [-0.2, 0) is 20.7 Å². The van der Waals surface area contributed by atoms with E-state index in [1.807, 2.05) is 45.0 Å². The molecule has 1 unspecified atom stereocenters. The zero-order valence-electron chi connectivity index (χ0n) is 12.3. The highest BCUT2D eigenvalue weighted by Crippen LogP contribution is 2.26. The lowest BCUT2D eigenvalue weighted by Crippen LogP contribution is -2.56. The van der Waals surface area contributed by atoms with Gasteiger partial charge in [0.05, 0.1) is 5.69 Å². The first-order valence-electron chi connectivity index (χ1n) is 6.65. The van der Waals surface area contributed by atoms with E-state index in [1.54, 1.807) is 0 Å². The Morgan fingerprint density at radius 1 is 1.30 bits per heavy atom. The summed E-state index contributed by atoms with van der Waals surface area (Å²) in [5, 5.41) is 1.41. The average Bonchev–Trinajstić information content (AvgIpc) is 2.35. The van der Waals surface area contributed by atoms with Gasteiger partial charge < -0.3 is 4.74 Å². The predicted octanol–water partition coefficient (Wildman–Crippen LogP) is 1.81. The Morgan fingerprint density at radius 3 is 2.55 bits per heavy atom. The summed E-state index contributed by atoms with van der Waals surface area (Å²) in [4.78, 5) is 23.9. The Morgan fingerprint density at radius 2 is 1.95 bits per heavy atom. The Kier molecular flexibility index (Phi) is 3.81. The summed E-state index contributed by atoms with van der Waals surface area (Å²) in [5.41, 5.74) is 4.14. The smallest absolute Gasteiger partial charge is 0.325 e. The minimum absolute atomic E-state index is 0.161. The third kappa shape index (κ3) is 3.17. The van der Waals surface area contributed by atoms with Crippen molar-refractivity contribution in [3.63, 3.8) is 0 Å². The molecule has 1 aromatic rings. The van der Waals surface area contributed by atoms with Crippen LogP contribution in [0, 0.1) is 0 Å². The number of nitrogens with zero attached hydrogens (tertiary/aromatic N) is 1. The highest BCUT2D eigenvalue weighted by molar-refractivity contribution is 5.93. The van der Waals surface area contributed by atoms with E-state index < -0.39 is 11.6 Å². The number of hydrogen-bond donors (Lipinski definition) is 1. The Bertz CT molecular complexity index is 534. The fourth-order valence-corrected chi connectivity index (χ4v) is 2.16. The number of esters is 1. The third-order valence-corrected chi connectivity index (χ3v) is 2.95. The summed E-state index contributed by atoms with van der Waals surface area (Å²) < 4.78 is 5.38. The van der Waals surface area contributed by atoms with Crippen molar-refractivity contribution in [3.8, 4) is 0 Å². The third-order valence-electron chi connectivity index (χ3n) is 2.95. The van der Waals surface area contributed by atoms with Gasteiger partial charge in [-0.3, -0.25) is 9.59 Å². The van der Waals surface area contributed by atoms with Crippen LogP contribution in [-0.4, -0.2) is 23.5 Å². The number of anilines is 1. The van der Waals surface area contributed by atoms with E-state index >= 15 is 0 Å². The predicted molar refractivity (Wildman–Crippen MR) is 76.1 cm³/mol. The Hall–Kier alpha value is -1.88. The van der Waals surface area contributed by atoms with Gasteiger partial charge in [0.1, 0.15) is 11.6 Å². The molecule has 1 heterocycles. The van der Waals surface area contributed by atoms with Crippen LogP contribution in [0.4, 0.5) is 5.69 Å². The van der Waals surface area contributed by atoms with Crippen LogP contribution < -0.4 is 10.4 Å². The molecule has 0 aromatic heterocycles. The summed E-state index contributed by atoms with van der Waals surface area (Å²) >= 11 is 0. The Balaban J connectivity index is 2.24. The number of carbonyl (C=O) groups excluding carboxylic acids is 2. The molecule has 0 bridgehead atoms.